The van der Waals surface area contributed by atoms with E-state index in [4.69, 9.17) is 5.21 Å². The predicted molar refractivity (Wildman–Crippen MR) is 172 cm³/mol. The fourth-order valence-corrected chi connectivity index (χ4v) is 5.97. The Kier molecular flexibility index (Phi) is 14.0. The van der Waals surface area contributed by atoms with Gasteiger partial charge < -0.3 is 19.9 Å². The molecule has 0 saturated carbocycles. The number of hydrogen-bond donors (Lipinski definition) is 3. The van der Waals surface area contributed by atoms with E-state index in [-0.39, 0.29) is 10.8 Å². The molecule has 2 fully saturated rings. The van der Waals surface area contributed by atoms with Gasteiger partial charge in [0.25, 0.3) is 5.91 Å². The molecule has 0 spiro atoms. The molecule has 5 rings (SSSR count). The summed E-state index contributed by atoms with van der Waals surface area (Å²) in [5, 5.41) is 10.5. The summed E-state index contributed by atoms with van der Waals surface area (Å²) in [6, 6.07) is 20.9. The summed E-state index contributed by atoms with van der Waals surface area (Å²) in [6.07, 6.45) is 7.96. The van der Waals surface area contributed by atoms with Crippen LogP contribution in [0.15, 0.2) is 90.5 Å². The summed E-state index contributed by atoms with van der Waals surface area (Å²) in [5.41, 5.74) is 2.82. The standard InChI is InChI=1S/C15H16N2O.C9H18N2O.C9H11NO3S/c18-15(14-7-4-9-16-14)17-10-8-13(11-17)12-5-2-1-3-6-12;1-3-6-10(2)9-4-7-11(12)8-5-9;1-10-14(12,13)9-4-2-8(3-5-9)6-7-11/h1-7,9,13,16H,8,10-11H2;3,9,12H,1,4-8H2,2H3;2-5,7,10H,6H2,1H3. The van der Waals surface area contributed by atoms with E-state index >= 15 is 0 Å². The second-order valence-corrected chi connectivity index (χ2v) is 12.8. The van der Waals surface area contributed by atoms with Crippen LogP contribution in [0.3, 0.4) is 0 Å². The Hall–Kier alpha value is -3.61. The van der Waals surface area contributed by atoms with Gasteiger partial charge in [-0.15, -0.1) is 6.58 Å². The van der Waals surface area contributed by atoms with E-state index in [0.717, 1.165) is 63.8 Å². The summed E-state index contributed by atoms with van der Waals surface area (Å²) in [4.78, 5) is 29.8. The number of nitrogens with one attached hydrogen (secondary N) is 2. The number of rotatable bonds is 9. The zero-order chi connectivity index (χ0) is 32.0. The minimum atomic E-state index is -3.37. The third-order valence-corrected chi connectivity index (χ3v) is 9.31. The number of benzene rings is 2. The first kappa shape index (κ1) is 34.9. The zero-order valence-corrected chi connectivity index (χ0v) is 26.5. The number of amides is 1. The first-order valence-corrected chi connectivity index (χ1v) is 16.4. The summed E-state index contributed by atoms with van der Waals surface area (Å²) >= 11 is 0. The van der Waals surface area contributed by atoms with Crippen molar-refractivity contribution in [2.45, 2.75) is 42.5 Å². The first-order valence-electron chi connectivity index (χ1n) is 14.9. The van der Waals surface area contributed by atoms with Crippen LogP contribution < -0.4 is 4.72 Å². The van der Waals surface area contributed by atoms with Crippen molar-refractivity contribution in [3.05, 3.63) is 102 Å². The molecule has 0 aliphatic carbocycles. The first-order chi connectivity index (χ1) is 21.2. The normalized spacial score (nSPS) is 17.3. The van der Waals surface area contributed by atoms with Gasteiger partial charge in [0.15, 0.2) is 0 Å². The highest BCUT2D eigenvalue weighted by atomic mass is 32.2. The molecule has 3 aromatic rings. The lowest BCUT2D eigenvalue weighted by atomic mass is 9.99. The predicted octanol–water partition coefficient (Wildman–Crippen LogP) is 3.94. The van der Waals surface area contributed by atoms with Crippen molar-refractivity contribution in [3.63, 3.8) is 0 Å². The van der Waals surface area contributed by atoms with Crippen molar-refractivity contribution in [2.75, 3.05) is 46.8 Å². The Balaban J connectivity index is 0.000000185. The maximum atomic E-state index is 12.2. The quantitative estimate of drug-likeness (QED) is 0.244. The number of piperidine rings is 1. The number of aldehydes is 1. The largest absolute Gasteiger partial charge is 0.357 e. The fraction of sp³-hybridized carbons (Fsp3) is 0.394. The lowest BCUT2D eigenvalue weighted by Crippen LogP contribution is -2.42. The van der Waals surface area contributed by atoms with E-state index < -0.39 is 10.0 Å². The summed E-state index contributed by atoms with van der Waals surface area (Å²) in [6.45, 7) is 7.91. The average molecular weight is 624 g/mol. The van der Waals surface area contributed by atoms with Gasteiger partial charge in [-0.05, 0) is 68.8 Å². The van der Waals surface area contributed by atoms with Crippen molar-refractivity contribution in [1.82, 2.24) is 24.6 Å². The highest BCUT2D eigenvalue weighted by Gasteiger charge is 2.28. The number of hydrogen-bond acceptors (Lipinski definition) is 7. The van der Waals surface area contributed by atoms with Crippen LogP contribution in [0.25, 0.3) is 0 Å². The molecule has 3 heterocycles. The van der Waals surface area contributed by atoms with Crippen LogP contribution >= 0.6 is 0 Å². The monoisotopic (exact) mass is 623 g/mol. The highest BCUT2D eigenvalue weighted by molar-refractivity contribution is 7.89. The summed E-state index contributed by atoms with van der Waals surface area (Å²) in [7, 11) is 0.0981. The summed E-state index contributed by atoms with van der Waals surface area (Å²) in [5.74, 6) is 0.587. The van der Waals surface area contributed by atoms with Crippen molar-refractivity contribution in [2.24, 2.45) is 0 Å². The number of carbonyl (C=O) groups excluding carboxylic acids is 2. The number of nitrogens with zero attached hydrogens (tertiary/aromatic N) is 3. The Labute approximate surface area is 261 Å². The van der Waals surface area contributed by atoms with Crippen LogP contribution in [0.2, 0.25) is 0 Å². The topological polar surface area (TPSA) is 126 Å². The van der Waals surface area contributed by atoms with E-state index in [1.54, 1.807) is 18.3 Å². The molecule has 10 nitrogen and oxygen atoms in total. The lowest BCUT2D eigenvalue weighted by Gasteiger charge is -2.33. The van der Waals surface area contributed by atoms with Gasteiger partial charge in [-0.25, -0.2) is 13.1 Å². The minimum absolute atomic E-state index is 0.110. The molecule has 238 valence electrons. The van der Waals surface area contributed by atoms with E-state index in [1.807, 2.05) is 29.2 Å². The molecule has 2 saturated heterocycles. The Bertz CT molecular complexity index is 1390. The molecule has 2 aliphatic rings. The smallest absolute Gasteiger partial charge is 0.270 e. The van der Waals surface area contributed by atoms with Gasteiger partial charge in [0, 0.05) is 57.3 Å². The Morgan fingerprint density at radius 1 is 1.05 bits per heavy atom. The number of hydroxylamine groups is 2. The van der Waals surface area contributed by atoms with Crippen LogP contribution in [-0.4, -0.2) is 98.5 Å². The van der Waals surface area contributed by atoms with Gasteiger partial charge in [-0.2, -0.15) is 5.06 Å². The van der Waals surface area contributed by atoms with Crippen molar-refractivity contribution < 1.29 is 23.2 Å². The number of H-pyrrole nitrogens is 1. The molecule has 0 radical (unpaired) electrons. The third-order valence-electron chi connectivity index (χ3n) is 7.88. The SMILES string of the molecule is C=CCN(C)C1CCN(O)CC1.CNS(=O)(=O)c1ccc(CC=O)cc1.O=C(c1ccc[nH]1)N1CCC(c2ccccc2)C1. The Morgan fingerprint density at radius 2 is 1.73 bits per heavy atom. The Morgan fingerprint density at radius 3 is 2.30 bits per heavy atom. The summed E-state index contributed by atoms with van der Waals surface area (Å²) < 4.78 is 24.8. The second-order valence-electron chi connectivity index (χ2n) is 10.9. The van der Waals surface area contributed by atoms with Gasteiger partial charge in [0.1, 0.15) is 12.0 Å². The average Bonchev–Trinajstić information content (AvgIpc) is 3.77. The number of sulfonamides is 1. The maximum Gasteiger partial charge on any atom is 0.270 e. The number of likely N-dealkylation sites (N-methyl/N-ethyl adjacent to an activating group) is 1. The van der Waals surface area contributed by atoms with Crippen LogP contribution in [0.4, 0.5) is 0 Å². The van der Waals surface area contributed by atoms with Gasteiger partial charge in [-0.1, -0.05) is 48.5 Å². The highest BCUT2D eigenvalue weighted by Crippen LogP contribution is 2.27. The molecule has 1 amide bonds. The molecular weight excluding hydrogens is 578 g/mol. The van der Waals surface area contributed by atoms with Crippen LogP contribution in [0.5, 0.6) is 0 Å². The van der Waals surface area contributed by atoms with Crippen molar-refractivity contribution in [1.29, 1.82) is 0 Å². The van der Waals surface area contributed by atoms with E-state index in [1.165, 1.54) is 29.8 Å². The number of carbonyl (C=O) groups is 2. The van der Waals surface area contributed by atoms with Crippen molar-refractivity contribution in [3.8, 4) is 0 Å². The minimum Gasteiger partial charge on any atom is -0.357 e. The van der Waals surface area contributed by atoms with E-state index in [9.17, 15) is 18.0 Å². The maximum absolute atomic E-state index is 12.2. The van der Waals surface area contributed by atoms with Gasteiger partial charge >= 0.3 is 0 Å². The molecule has 3 N–H and O–H groups in total. The molecule has 2 aromatic carbocycles. The molecule has 2 aliphatic heterocycles. The molecule has 1 atom stereocenters. The molecule has 11 heteroatoms. The zero-order valence-electron chi connectivity index (χ0n) is 25.6. The molecular formula is C33H45N5O5S. The van der Waals surface area contributed by atoms with Crippen molar-refractivity contribution >= 4 is 22.2 Å². The molecule has 1 unspecified atom stereocenters. The molecule has 44 heavy (non-hydrogen) atoms. The second kappa shape index (κ2) is 17.6. The third kappa shape index (κ3) is 10.5. The number of aromatic nitrogens is 1. The van der Waals surface area contributed by atoms with E-state index in [0.29, 0.717) is 24.1 Å². The van der Waals surface area contributed by atoms with Crippen LogP contribution in [0, 0.1) is 0 Å². The lowest BCUT2D eigenvalue weighted by molar-refractivity contribution is -0.114. The molecule has 0 bridgehead atoms. The van der Waals surface area contributed by atoms with Gasteiger partial charge in [0.05, 0.1) is 4.90 Å². The number of aromatic amines is 1. The molecule has 1 aromatic heterocycles. The van der Waals surface area contributed by atoms with Crippen LogP contribution in [-0.2, 0) is 21.2 Å². The van der Waals surface area contributed by atoms with E-state index in [2.05, 4.69) is 52.5 Å². The van der Waals surface area contributed by atoms with Crippen LogP contribution in [0.1, 0.15) is 46.8 Å². The van der Waals surface area contributed by atoms with Gasteiger partial charge in [-0.3, -0.25) is 9.69 Å². The number of likely N-dealkylation sites (tertiary alicyclic amines) is 1. The van der Waals surface area contributed by atoms with Gasteiger partial charge in [0.2, 0.25) is 10.0 Å². The fourth-order valence-electron chi connectivity index (χ4n) is 5.24.